The maximum Gasteiger partial charge on any atom is 0.228 e. The number of rotatable bonds is 4. The summed E-state index contributed by atoms with van der Waals surface area (Å²) in [6.07, 6.45) is 6.38. The third-order valence-electron chi connectivity index (χ3n) is 3.79. The fourth-order valence-electron chi connectivity index (χ4n) is 2.67. The summed E-state index contributed by atoms with van der Waals surface area (Å²) in [6, 6.07) is 10.0. The van der Waals surface area contributed by atoms with Crippen molar-refractivity contribution in [2.24, 2.45) is 5.92 Å². The van der Waals surface area contributed by atoms with E-state index in [1.165, 1.54) is 12.8 Å². The minimum Gasteiger partial charge on any atom is -0.316 e. The monoisotopic (exact) mass is 318 g/mol. The Bertz CT molecular complexity index is 618. The molecule has 1 heterocycles. The predicted molar refractivity (Wildman–Crippen MR) is 89.9 cm³/mol. The molecule has 3 rings (SSSR count). The number of thioether (sulfide) groups is 1. The van der Waals surface area contributed by atoms with E-state index in [1.807, 2.05) is 36.6 Å². The Balaban J connectivity index is 1.87. The highest BCUT2D eigenvalue weighted by molar-refractivity contribution is 8.00. The van der Waals surface area contributed by atoms with E-state index >= 15 is 0 Å². The molecule has 3 nitrogen and oxygen atoms in total. The first-order valence-corrected chi connectivity index (χ1v) is 9.23. The van der Waals surface area contributed by atoms with Crippen molar-refractivity contribution in [1.29, 1.82) is 0 Å². The quantitative estimate of drug-likeness (QED) is 0.834. The van der Waals surface area contributed by atoms with Gasteiger partial charge in [-0.1, -0.05) is 66.3 Å². The average molecular weight is 318 g/mol. The maximum absolute atomic E-state index is 12.4. The summed E-state index contributed by atoms with van der Waals surface area (Å²) in [7, 11) is 0. The lowest BCUT2D eigenvalue weighted by Gasteiger charge is -2.09. The molecule has 21 heavy (non-hydrogen) atoms. The molecule has 0 spiro atoms. The van der Waals surface area contributed by atoms with Gasteiger partial charge < -0.3 is 5.32 Å². The van der Waals surface area contributed by atoms with Gasteiger partial charge in [0.1, 0.15) is 10.7 Å². The van der Waals surface area contributed by atoms with Gasteiger partial charge in [0, 0.05) is 11.5 Å². The molecule has 1 N–H and O–H groups in total. The van der Waals surface area contributed by atoms with E-state index in [9.17, 15) is 4.79 Å². The number of benzene rings is 1. The molecule has 1 aromatic heterocycles. The van der Waals surface area contributed by atoms with Gasteiger partial charge in [-0.25, -0.2) is 4.98 Å². The number of nitrogens with zero attached hydrogens (tertiary/aromatic N) is 1. The van der Waals surface area contributed by atoms with Crippen molar-refractivity contribution < 1.29 is 4.79 Å². The normalized spacial score (nSPS) is 15.3. The molecule has 1 aliphatic rings. The van der Waals surface area contributed by atoms with Crippen LogP contribution in [0.2, 0.25) is 0 Å². The van der Waals surface area contributed by atoms with E-state index in [0.717, 1.165) is 33.4 Å². The average Bonchev–Trinajstić information content (AvgIpc) is 3.17. The highest BCUT2D eigenvalue weighted by Crippen LogP contribution is 2.37. The number of amides is 1. The number of hydrogen-bond acceptors (Lipinski definition) is 4. The standard InChI is InChI=1S/C16H18N2OS2/c1-20-16-17-13(11-7-3-2-4-8-11)15(21-16)18-14(19)12-9-5-6-10-12/h2-4,7-8,12H,5-6,9-10H2,1H3,(H,18,19). The Kier molecular flexibility index (Phi) is 4.60. The zero-order valence-corrected chi connectivity index (χ0v) is 13.6. The van der Waals surface area contributed by atoms with Gasteiger partial charge in [0.2, 0.25) is 5.91 Å². The van der Waals surface area contributed by atoms with E-state index in [2.05, 4.69) is 10.3 Å². The van der Waals surface area contributed by atoms with Gasteiger partial charge in [-0.2, -0.15) is 0 Å². The third-order valence-corrected chi connectivity index (χ3v) is 5.75. The van der Waals surface area contributed by atoms with E-state index in [-0.39, 0.29) is 11.8 Å². The van der Waals surface area contributed by atoms with E-state index < -0.39 is 0 Å². The number of thiazole rings is 1. The Morgan fingerprint density at radius 1 is 1.29 bits per heavy atom. The predicted octanol–water partition coefficient (Wildman–Crippen LogP) is 4.66. The number of anilines is 1. The van der Waals surface area contributed by atoms with Gasteiger partial charge in [0.15, 0.2) is 4.34 Å². The lowest BCUT2D eigenvalue weighted by Crippen LogP contribution is -2.20. The van der Waals surface area contributed by atoms with Crippen LogP contribution in [0.3, 0.4) is 0 Å². The molecule has 0 radical (unpaired) electrons. The second kappa shape index (κ2) is 6.62. The second-order valence-corrected chi connectivity index (χ2v) is 7.25. The largest absolute Gasteiger partial charge is 0.316 e. The van der Waals surface area contributed by atoms with Gasteiger partial charge in [-0.05, 0) is 19.1 Å². The van der Waals surface area contributed by atoms with Gasteiger partial charge in [-0.3, -0.25) is 4.79 Å². The topological polar surface area (TPSA) is 42.0 Å². The van der Waals surface area contributed by atoms with Crippen LogP contribution in [0.4, 0.5) is 5.00 Å². The summed E-state index contributed by atoms with van der Waals surface area (Å²) in [5, 5.41) is 3.99. The molecule has 1 amide bonds. The van der Waals surface area contributed by atoms with Crippen molar-refractivity contribution in [3.63, 3.8) is 0 Å². The molecule has 0 atom stereocenters. The van der Waals surface area contributed by atoms with Gasteiger partial charge in [-0.15, -0.1) is 0 Å². The molecule has 2 aromatic rings. The number of carbonyl (C=O) groups excluding carboxylic acids is 1. The van der Waals surface area contributed by atoms with Crippen LogP contribution in [0.25, 0.3) is 11.3 Å². The molecule has 1 fully saturated rings. The summed E-state index contributed by atoms with van der Waals surface area (Å²) in [6.45, 7) is 0. The van der Waals surface area contributed by atoms with Crippen LogP contribution in [0.15, 0.2) is 34.7 Å². The summed E-state index contributed by atoms with van der Waals surface area (Å²) in [5.74, 6) is 0.328. The fourth-order valence-corrected chi connectivity index (χ4v) is 4.16. The molecule has 1 aliphatic carbocycles. The van der Waals surface area contributed by atoms with Crippen molar-refractivity contribution >= 4 is 34.0 Å². The van der Waals surface area contributed by atoms with Crippen LogP contribution in [0.1, 0.15) is 25.7 Å². The fraction of sp³-hybridized carbons (Fsp3) is 0.375. The summed E-state index contributed by atoms with van der Waals surface area (Å²) in [5.41, 5.74) is 1.94. The van der Waals surface area contributed by atoms with Crippen molar-refractivity contribution in [2.45, 2.75) is 30.0 Å². The highest BCUT2D eigenvalue weighted by atomic mass is 32.2. The Morgan fingerprint density at radius 2 is 2.00 bits per heavy atom. The van der Waals surface area contributed by atoms with Crippen LogP contribution in [-0.2, 0) is 4.79 Å². The summed E-state index contributed by atoms with van der Waals surface area (Å²) >= 11 is 3.18. The van der Waals surface area contributed by atoms with Crippen LogP contribution >= 0.6 is 23.1 Å². The molecule has 0 saturated heterocycles. The van der Waals surface area contributed by atoms with Crippen molar-refractivity contribution in [3.05, 3.63) is 30.3 Å². The smallest absolute Gasteiger partial charge is 0.228 e. The van der Waals surface area contributed by atoms with Crippen LogP contribution < -0.4 is 5.32 Å². The number of carbonyl (C=O) groups is 1. The van der Waals surface area contributed by atoms with Crippen LogP contribution in [0, 0.1) is 5.92 Å². The number of aromatic nitrogens is 1. The van der Waals surface area contributed by atoms with Gasteiger partial charge in [0.25, 0.3) is 0 Å². The van der Waals surface area contributed by atoms with Gasteiger partial charge >= 0.3 is 0 Å². The van der Waals surface area contributed by atoms with E-state index in [0.29, 0.717) is 0 Å². The van der Waals surface area contributed by atoms with E-state index in [1.54, 1.807) is 23.1 Å². The van der Waals surface area contributed by atoms with Gasteiger partial charge in [0.05, 0.1) is 0 Å². The molecule has 1 saturated carbocycles. The summed E-state index contributed by atoms with van der Waals surface area (Å²) < 4.78 is 0.982. The Hall–Kier alpha value is -1.33. The lowest BCUT2D eigenvalue weighted by molar-refractivity contribution is -0.119. The third kappa shape index (κ3) is 3.30. The summed E-state index contributed by atoms with van der Waals surface area (Å²) in [4.78, 5) is 17.0. The number of nitrogens with one attached hydrogen (secondary N) is 1. The van der Waals surface area contributed by atoms with Crippen molar-refractivity contribution in [2.75, 3.05) is 11.6 Å². The highest BCUT2D eigenvalue weighted by Gasteiger charge is 2.24. The molecule has 1 aromatic carbocycles. The molecule has 0 bridgehead atoms. The number of hydrogen-bond donors (Lipinski definition) is 1. The Morgan fingerprint density at radius 3 is 2.67 bits per heavy atom. The van der Waals surface area contributed by atoms with Crippen LogP contribution in [-0.4, -0.2) is 17.1 Å². The molecular formula is C16H18N2OS2. The zero-order chi connectivity index (χ0) is 14.7. The molecule has 5 heteroatoms. The maximum atomic E-state index is 12.4. The lowest BCUT2D eigenvalue weighted by atomic mass is 10.1. The second-order valence-electron chi connectivity index (χ2n) is 5.20. The van der Waals surface area contributed by atoms with Crippen molar-refractivity contribution in [1.82, 2.24) is 4.98 Å². The molecule has 0 unspecified atom stereocenters. The first-order chi connectivity index (χ1) is 10.3. The first kappa shape index (κ1) is 14.6. The minimum absolute atomic E-state index is 0.154. The molecule has 0 aliphatic heterocycles. The zero-order valence-electron chi connectivity index (χ0n) is 12.0. The SMILES string of the molecule is CSc1nc(-c2ccccc2)c(NC(=O)C2CCCC2)s1. The van der Waals surface area contributed by atoms with Crippen molar-refractivity contribution in [3.8, 4) is 11.3 Å². The minimum atomic E-state index is 0.154. The van der Waals surface area contributed by atoms with Crippen LogP contribution in [0.5, 0.6) is 0 Å². The first-order valence-electron chi connectivity index (χ1n) is 7.19. The Labute approximate surface area is 133 Å². The van der Waals surface area contributed by atoms with E-state index in [4.69, 9.17) is 0 Å². The molecule has 110 valence electrons. The molecular weight excluding hydrogens is 300 g/mol.